The summed E-state index contributed by atoms with van der Waals surface area (Å²) in [4.78, 5) is 17.4. The third-order valence-corrected chi connectivity index (χ3v) is 7.85. The van der Waals surface area contributed by atoms with Crippen molar-refractivity contribution in [3.8, 4) is 0 Å². The number of aliphatic hydroxyl groups excluding tert-OH is 1. The molecule has 8 nitrogen and oxygen atoms in total. The van der Waals surface area contributed by atoms with Gasteiger partial charge in [0.1, 0.15) is 11.6 Å². The third kappa shape index (κ3) is 9.89. The van der Waals surface area contributed by atoms with Crippen LogP contribution in [0.15, 0.2) is 34.7 Å². The molecule has 1 unspecified atom stereocenters. The van der Waals surface area contributed by atoms with Crippen LogP contribution in [0.4, 0.5) is 5.82 Å². The van der Waals surface area contributed by atoms with E-state index in [-0.39, 0.29) is 18.2 Å². The van der Waals surface area contributed by atoms with Gasteiger partial charge in [-0.2, -0.15) is 4.98 Å². The second-order valence-electron chi connectivity index (χ2n) is 8.77. The third-order valence-electron chi connectivity index (χ3n) is 5.84. The zero-order chi connectivity index (χ0) is 29.6. The number of fused-ring (bicyclic) bond motifs is 1. The molecule has 3 aromatic rings. The SMILES string of the molecule is CC.CCO.CCc1ccc(Cc2oc3nc(N(CCCCPC)S(C)(=O)=O)c(C)cc3c2C(=O)NC)cc1. The van der Waals surface area contributed by atoms with Gasteiger partial charge in [-0.25, -0.2) is 8.42 Å². The topological polar surface area (TPSA) is 113 Å². The van der Waals surface area contributed by atoms with Gasteiger partial charge in [0.15, 0.2) is 0 Å². The number of amides is 1. The fraction of sp³-hybridized carbons (Fsp3) is 0.517. The molecule has 0 aliphatic carbocycles. The molecule has 1 atom stereocenters. The van der Waals surface area contributed by atoms with Crippen LogP contribution in [0.3, 0.4) is 0 Å². The molecule has 0 bridgehead atoms. The lowest BCUT2D eigenvalue weighted by Gasteiger charge is -2.22. The molecule has 0 radical (unpaired) electrons. The molecule has 0 aliphatic heterocycles. The van der Waals surface area contributed by atoms with E-state index in [1.54, 1.807) is 20.0 Å². The van der Waals surface area contributed by atoms with E-state index in [1.165, 1.54) is 16.1 Å². The van der Waals surface area contributed by atoms with Crippen molar-refractivity contribution >= 4 is 41.4 Å². The van der Waals surface area contributed by atoms with Crippen molar-refractivity contribution < 1.29 is 22.7 Å². The first kappa shape index (κ1) is 34.5. The minimum Gasteiger partial charge on any atom is -0.441 e. The highest BCUT2D eigenvalue weighted by molar-refractivity contribution is 7.92. The number of aryl methyl sites for hydroxylation is 2. The number of hydrogen-bond donors (Lipinski definition) is 2. The van der Waals surface area contributed by atoms with Gasteiger partial charge in [0.2, 0.25) is 15.7 Å². The summed E-state index contributed by atoms with van der Waals surface area (Å²) in [6, 6.07) is 10.0. The Bertz CT molecular complexity index is 1270. The van der Waals surface area contributed by atoms with E-state index >= 15 is 0 Å². The Morgan fingerprint density at radius 1 is 1.13 bits per heavy atom. The molecular weight excluding hydrogens is 533 g/mol. The number of furan rings is 1. The number of sulfonamides is 1. The number of anilines is 1. The molecule has 0 aliphatic rings. The van der Waals surface area contributed by atoms with Crippen LogP contribution in [0, 0.1) is 6.92 Å². The number of nitrogens with one attached hydrogen (secondary N) is 1. The smallest absolute Gasteiger partial charge is 0.255 e. The lowest BCUT2D eigenvalue weighted by molar-refractivity contribution is 0.0962. The van der Waals surface area contributed by atoms with E-state index in [0.29, 0.717) is 41.1 Å². The Morgan fingerprint density at radius 2 is 1.72 bits per heavy atom. The normalized spacial score (nSPS) is 11.1. The number of pyridine rings is 1. The molecule has 0 spiro atoms. The fourth-order valence-corrected chi connectivity index (χ4v) is 5.54. The van der Waals surface area contributed by atoms with Gasteiger partial charge < -0.3 is 14.8 Å². The zero-order valence-electron chi connectivity index (χ0n) is 24.7. The second-order valence-corrected chi connectivity index (χ2v) is 11.9. The van der Waals surface area contributed by atoms with Crippen molar-refractivity contribution in [1.82, 2.24) is 10.3 Å². The minimum atomic E-state index is -3.52. The van der Waals surface area contributed by atoms with Crippen LogP contribution in [0.1, 0.15) is 73.3 Å². The van der Waals surface area contributed by atoms with Crippen LogP contribution in [0.2, 0.25) is 0 Å². The van der Waals surface area contributed by atoms with Crippen LogP contribution in [0.5, 0.6) is 0 Å². The van der Waals surface area contributed by atoms with E-state index < -0.39 is 10.0 Å². The standard InChI is InChI=1S/C25H34N3O4PS.C2H6O.C2H6/c1-6-18-9-11-19(12-10-18)16-21-22(24(29)26-3)20-15-17(2)23(27-25(20)32-21)28(34(5,30)31)13-7-8-14-33-4;1-2-3;1-2/h9-12,15,33H,6-8,13-14,16H2,1-5H3,(H,26,29);3H,2H2,1H3;1-2H3. The monoisotopic (exact) mass is 579 g/mol. The number of aliphatic hydroxyl groups is 1. The largest absolute Gasteiger partial charge is 0.441 e. The number of rotatable bonds is 11. The molecule has 2 aromatic heterocycles. The van der Waals surface area contributed by atoms with Gasteiger partial charge in [-0.1, -0.05) is 45.0 Å². The summed E-state index contributed by atoms with van der Waals surface area (Å²) in [5.41, 5.74) is 3.65. The lowest BCUT2D eigenvalue weighted by atomic mass is 10.0. The van der Waals surface area contributed by atoms with E-state index in [2.05, 4.69) is 36.0 Å². The molecule has 10 heteroatoms. The minimum absolute atomic E-state index is 0.250. The van der Waals surface area contributed by atoms with Gasteiger partial charge >= 0.3 is 0 Å². The first-order chi connectivity index (χ1) is 18.6. The van der Waals surface area contributed by atoms with E-state index in [9.17, 15) is 13.2 Å². The number of hydrogen-bond acceptors (Lipinski definition) is 6. The van der Waals surface area contributed by atoms with Gasteiger partial charge in [-0.3, -0.25) is 9.10 Å². The first-order valence-corrected chi connectivity index (χ1v) is 17.1. The maximum absolute atomic E-state index is 12.8. The molecule has 0 fully saturated rings. The number of unbranched alkanes of at least 4 members (excludes halogenated alkanes) is 1. The predicted molar refractivity (Wildman–Crippen MR) is 165 cm³/mol. The van der Waals surface area contributed by atoms with Crippen molar-refractivity contribution in [2.24, 2.45) is 0 Å². The number of nitrogens with zero attached hydrogens (tertiary/aromatic N) is 2. The molecule has 0 saturated carbocycles. The highest BCUT2D eigenvalue weighted by Gasteiger charge is 2.26. The fourth-order valence-electron chi connectivity index (χ4n) is 3.98. The highest BCUT2D eigenvalue weighted by atomic mass is 32.2. The number of carbonyl (C=O) groups is 1. The van der Waals surface area contributed by atoms with Crippen LogP contribution in [0.25, 0.3) is 11.1 Å². The number of carbonyl (C=O) groups excluding carboxylic acids is 1. The van der Waals surface area contributed by atoms with E-state index in [4.69, 9.17) is 9.52 Å². The van der Waals surface area contributed by atoms with Crippen LogP contribution in [-0.4, -0.2) is 63.7 Å². The van der Waals surface area contributed by atoms with Crippen molar-refractivity contribution in [2.75, 3.05) is 43.6 Å². The summed E-state index contributed by atoms with van der Waals surface area (Å²) in [7, 11) is -1.09. The van der Waals surface area contributed by atoms with E-state index in [1.807, 2.05) is 32.9 Å². The Kier molecular flexibility index (Phi) is 15.3. The Morgan fingerprint density at radius 3 is 2.23 bits per heavy atom. The first-order valence-electron chi connectivity index (χ1n) is 13.6. The summed E-state index contributed by atoms with van der Waals surface area (Å²) >= 11 is 0. The predicted octanol–water partition coefficient (Wildman–Crippen LogP) is 5.53. The number of benzene rings is 1. The summed E-state index contributed by atoms with van der Waals surface area (Å²) in [5, 5.41) is 10.8. The average Bonchev–Trinajstić information content (AvgIpc) is 3.25. The van der Waals surface area contributed by atoms with E-state index in [0.717, 1.165) is 39.6 Å². The summed E-state index contributed by atoms with van der Waals surface area (Å²) in [5.74, 6) is 0.607. The Hall–Kier alpha value is -2.48. The Labute approximate surface area is 236 Å². The number of aromatic nitrogens is 1. The molecule has 3 rings (SSSR count). The molecule has 1 aromatic carbocycles. The average molecular weight is 580 g/mol. The Balaban J connectivity index is 0.00000142. The zero-order valence-corrected chi connectivity index (χ0v) is 26.5. The van der Waals surface area contributed by atoms with Gasteiger partial charge in [-0.05, 0) is 68.7 Å². The summed E-state index contributed by atoms with van der Waals surface area (Å²) in [6.45, 7) is 12.4. The summed E-state index contributed by atoms with van der Waals surface area (Å²) in [6.07, 6.45) is 5.39. The molecule has 0 saturated heterocycles. The summed E-state index contributed by atoms with van der Waals surface area (Å²) < 4.78 is 32.6. The molecule has 39 heavy (non-hydrogen) atoms. The van der Waals surface area contributed by atoms with Crippen molar-refractivity contribution in [3.05, 3.63) is 58.3 Å². The van der Waals surface area contributed by atoms with Crippen LogP contribution < -0.4 is 9.62 Å². The van der Waals surface area contributed by atoms with Crippen LogP contribution >= 0.6 is 8.58 Å². The molecular formula is C29H46N3O5PS. The van der Waals surface area contributed by atoms with Crippen LogP contribution in [-0.2, 0) is 22.9 Å². The maximum atomic E-state index is 12.8. The van der Waals surface area contributed by atoms with Gasteiger partial charge in [0.05, 0.1) is 17.2 Å². The van der Waals surface area contributed by atoms with Crippen molar-refractivity contribution in [1.29, 1.82) is 0 Å². The van der Waals surface area contributed by atoms with Gasteiger partial charge in [0.25, 0.3) is 5.91 Å². The maximum Gasteiger partial charge on any atom is 0.255 e. The van der Waals surface area contributed by atoms with Crippen molar-refractivity contribution in [2.45, 2.75) is 60.3 Å². The van der Waals surface area contributed by atoms with Crippen molar-refractivity contribution in [3.63, 3.8) is 0 Å². The molecule has 2 heterocycles. The van der Waals surface area contributed by atoms with Gasteiger partial charge in [0, 0.05) is 26.6 Å². The lowest BCUT2D eigenvalue weighted by Crippen LogP contribution is -2.32. The molecule has 2 N–H and O–H groups in total. The van der Waals surface area contributed by atoms with Gasteiger partial charge in [-0.15, -0.1) is 8.58 Å². The molecule has 1 amide bonds. The molecule has 218 valence electrons. The quantitative estimate of drug-likeness (QED) is 0.228. The second kappa shape index (κ2) is 17.3. The highest BCUT2D eigenvalue weighted by Crippen LogP contribution is 2.32.